The Morgan fingerprint density at radius 1 is 1.59 bits per heavy atom. The summed E-state index contributed by atoms with van der Waals surface area (Å²) in [6, 6.07) is 0. The zero-order valence-electron chi connectivity index (χ0n) is 10.7. The van der Waals surface area contributed by atoms with Gasteiger partial charge < -0.3 is 10.2 Å². The minimum Gasteiger partial charge on any atom is -0.340 e. The first-order valence-electron chi connectivity index (χ1n) is 6.27. The van der Waals surface area contributed by atoms with Crippen LogP contribution in [0.4, 0.5) is 0 Å². The van der Waals surface area contributed by atoms with E-state index in [1.54, 1.807) is 0 Å². The Kier molecular flexibility index (Phi) is 5.61. The molecule has 0 bridgehead atoms. The molecule has 2 fully saturated rings. The molecule has 2 saturated heterocycles. The summed E-state index contributed by atoms with van der Waals surface area (Å²) in [6.07, 6.45) is 2.16. The van der Waals surface area contributed by atoms with E-state index in [1.165, 1.54) is 6.42 Å². The van der Waals surface area contributed by atoms with Crippen LogP contribution in [0.2, 0.25) is 0 Å². The summed E-state index contributed by atoms with van der Waals surface area (Å²) in [5, 5.41) is 3.95. The van der Waals surface area contributed by atoms with Gasteiger partial charge >= 0.3 is 0 Å². The molecule has 3 nitrogen and oxygen atoms in total. The van der Waals surface area contributed by atoms with E-state index in [9.17, 15) is 4.79 Å². The van der Waals surface area contributed by atoms with Gasteiger partial charge in [0.2, 0.25) is 5.91 Å². The van der Waals surface area contributed by atoms with E-state index in [2.05, 4.69) is 24.1 Å². The van der Waals surface area contributed by atoms with Gasteiger partial charge in [0.05, 0.1) is 5.41 Å². The number of hydrogen-bond acceptors (Lipinski definition) is 3. The monoisotopic (exact) mass is 278 g/mol. The molecule has 2 atom stereocenters. The second-order valence-electron chi connectivity index (χ2n) is 5.14. The smallest absolute Gasteiger partial charge is 0.229 e. The van der Waals surface area contributed by atoms with Gasteiger partial charge in [0.25, 0.3) is 0 Å². The molecule has 100 valence electrons. The number of nitrogens with one attached hydrogen (secondary N) is 1. The van der Waals surface area contributed by atoms with E-state index >= 15 is 0 Å². The highest BCUT2D eigenvalue weighted by atomic mass is 35.5. The molecule has 0 aromatic carbocycles. The third kappa shape index (κ3) is 3.30. The normalized spacial score (nSPS) is 33.3. The van der Waals surface area contributed by atoms with Crippen molar-refractivity contribution < 1.29 is 4.79 Å². The fourth-order valence-corrected chi connectivity index (χ4v) is 3.71. The Bertz CT molecular complexity index is 269. The van der Waals surface area contributed by atoms with Crippen molar-refractivity contribution in [3.8, 4) is 0 Å². The van der Waals surface area contributed by atoms with Crippen LogP contribution in [0, 0.1) is 5.41 Å². The van der Waals surface area contributed by atoms with Crippen LogP contribution in [0.1, 0.15) is 26.7 Å². The molecule has 5 heteroatoms. The van der Waals surface area contributed by atoms with E-state index in [4.69, 9.17) is 0 Å². The lowest BCUT2D eigenvalue weighted by Crippen LogP contribution is -2.49. The Labute approximate surface area is 114 Å². The van der Waals surface area contributed by atoms with Crippen LogP contribution in [0.25, 0.3) is 0 Å². The van der Waals surface area contributed by atoms with Gasteiger partial charge in [0, 0.05) is 30.6 Å². The SMILES string of the molecule is CCC1CN(C(=O)C2(C)CCNC2)CCS1.Cl. The Hall–Kier alpha value is 0.0700. The predicted octanol–water partition coefficient (Wildman–Crippen LogP) is 1.76. The third-order valence-electron chi connectivity index (χ3n) is 3.77. The summed E-state index contributed by atoms with van der Waals surface area (Å²) in [4.78, 5) is 14.6. The number of nitrogens with zero attached hydrogens (tertiary/aromatic N) is 1. The van der Waals surface area contributed by atoms with Crippen LogP contribution >= 0.6 is 24.2 Å². The fourth-order valence-electron chi connectivity index (χ4n) is 2.53. The molecule has 0 spiro atoms. The highest BCUT2D eigenvalue weighted by molar-refractivity contribution is 8.00. The molecule has 0 aliphatic carbocycles. The van der Waals surface area contributed by atoms with Crippen molar-refractivity contribution in [2.45, 2.75) is 31.9 Å². The summed E-state index contributed by atoms with van der Waals surface area (Å²) in [5.74, 6) is 1.48. The molecule has 17 heavy (non-hydrogen) atoms. The molecule has 0 aromatic rings. The van der Waals surface area contributed by atoms with Crippen molar-refractivity contribution >= 4 is 30.1 Å². The molecular formula is C12H23ClN2OS. The number of thioether (sulfide) groups is 1. The van der Waals surface area contributed by atoms with Gasteiger partial charge in [-0.05, 0) is 26.3 Å². The summed E-state index contributed by atoms with van der Waals surface area (Å²) in [7, 11) is 0. The lowest BCUT2D eigenvalue weighted by molar-refractivity contribution is -0.140. The molecule has 1 N–H and O–H groups in total. The van der Waals surface area contributed by atoms with Crippen molar-refractivity contribution in [2.24, 2.45) is 5.41 Å². The van der Waals surface area contributed by atoms with Gasteiger partial charge in [-0.25, -0.2) is 0 Å². The van der Waals surface area contributed by atoms with Crippen LogP contribution in [-0.2, 0) is 4.79 Å². The van der Waals surface area contributed by atoms with E-state index in [1.807, 2.05) is 11.8 Å². The maximum Gasteiger partial charge on any atom is 0.229 e. The number of rotatable bonds is 2. The Morgan fingerprint density at radius 3 is 2.94 bits per heavy atom. The summed E-state index contributed by atoms with van der Waals surface area (Å²) in [6.45, 7) is 8.06. The van der Waals surface area contributed by atoms with Gasteiger partial charge in [-0.1, -0.05) is 6.92 Å². The van der Waals surface area contributed by atoms with Crippen molar-refractivity contribution in [2.75, 3.05) is 31.9 Å². The molecule has 2 aliphatic rings. The van der Waals surface area contributed by atoms with E-state index in [0.717, 1.165) is 38.4 Å². The number of carbonyl (C=O) groups is 1. The quantitative estimate of drug-likeness (QED) is 0.835. The lowest BCUT2D eigenvalue weighted by Gasteiger charge is -2.36. The molecule has 2 unspecified atom stereocenters. The number of hydrogen-bond donors (Lipinski definition) is 1. The van der Waals surface area contributed by atoms with Gasteiger partial charge in [0.15, 0.2) is 0 Å². The van der Waals surface area contributed by atoms with E-state index < -0.39 is 0 Å². The highest BCUT2D eigenvalue weighted by Gasteiger charge is 2.40. The molecule has 0 aromatic heterocycles. The molecule has 2 rings (SSSR count). The van der Waals surface area contributed by atoms with Crippen molar-refractivity contribution in [3.63, 3.8) is 0 Å². The average molecular weight is 279 g/mol. The standard InChI is InChI=1S/C12H22N2OS.ClH/c1-3-10-8-14(6-7-16-10)11(15)12(2)4-5-13-9-12;/h10,13H,3-9H2,1-2H3;1H. The largest absolute Gasteiger partial charge is 0.340 e. The molecule has 1 amide bonds. The molecule has 2 heterocycles. The number of amides is 1. The topological polar surface area (TPSA) is 32.3 Å². The first-order valence-corrected chi connectivity index (χ1v) is 7.32. The average Bonchev–Trinajstić information content (AvgIpc) is 2.76. The second kappa shape index (κ2) is 6.30. The fraction of sp³-hybridized carbons (Fsp3) is 0.917. The van der Waals surface area contributed by atoms with Gasteiger partial charge in [-0.15, -0.1) is 12.4 Å². The van der Waals surface area contributed by atoms with Crippen molar-refractivity contribution in [1.29, 1.82) is 0 Å². The van der Waals surface area contributed by atoms with E-state index in [-0.39, 0.29) is 17.8 Å². The van der Waals surface area contributed by atoms with Gasteiger partial charge in [-0.3, -0.25) is 4.79 Å². The first kappa shape index (κ1) is 15.1. The van der Waals surface area contributed by atoms with E-state index in [0.29, 0.717) is 11.2 Å². The molecule has 0 saturated carbocycles. The van der Waals surface area contributed by atoms with Crippen LogP contribution in [-0.4, -0.2) is 48.0 Å². The molecule has 0 radical (unpaired) electrons. The Morgan fingerprint density at radius 2 is 2.35 bits per heavy atom. The van der Waals surface area contributed by atoms with Gasteiger partial charge in [-0.2, -0.15) is 11.8 Å². The first-order chi connectivity index (χ1) is 7.65. The minimum atomic E-state index is -0.139. The van der Waals surface area contributed by atoms with Crippen LogP contribution in [0.5, 0.6) is 0 Å². The summed E-state index contributed by atoms with van der Waals surface area (Å²) in [5.41, 5.74) is -0.139. The third-order valence-corrected chi connectivity index (χ3v) is 5.14. The predicted molar refractivity (Wildman–Crippen MR) is 76.0 cm³/mol. The zero-order chi connectivity index (χ0) is 11.6. The Balaban J connectivity index is 0.00000144. The maximum atomic E-state index is 12.5. The van der Waals surface area contributed by atoms with Crippen molar-refractivity contribution in [3.05, 3.63) is 0 Å². The lowest BCUT2D eigenvalue weighted by atomic mass is 9.88. The molecular weight excluding hydrogens is 256 g/mol. The van der Waals surface area contributed by atoms with Crippen LogP contribution < -0.4 is 5.32 Å². The maximum absolute atomic E-state index is 12.5. The summed E-state index contributed by atoms with van der Waals surface area (Å²) < 4.78 is 0. The van der Waals surface area contributed by atoms with Crippen LogP contribution in [0.15, 0.2) is 0 Å². The summed E-state index contributed by atoms with van der Waals surface area (Å²) >= 11 is 2.02. The minimum absolute atomic E-state index is 0. The number of halogens is 1. The highest BCUT2D eigenvalue weighted by Crippen LogP contribution is 2.30. The second-order valence-corrected chi connectivity index (χ2v) is 6.55. The number of carbonyl (C=O) groups excluding carboxylic acids is 1. The van der Waals surface area contributed by atoms with Gasteiger partial charge in [0.1, 0.15) is 0 Å². The van der Waals surface area contributed by atoms with Crippen LogP contribution in [0.3, 0.4) is 0 Å². The van der Waals surface area contributed by atoms with Crippen molar-refractivity contribution in [1.82, 2.24) is 10.2 Å². The molecule has 2 aliphatic heterocycles. The zero-order valence-corrected chi connectivity index (χ0v) is 12.3.